The van der Waals surface area contributed by atoms with Crippen LogP contribution < -0.4 is 14.8 Å². The van der Waals surface area contributed by atoms with Crippen molar-refractivity contribution in [2.24, 2.45) is 0 Å². The average Bonchev–Trinajstić information content (AvgIpc) is 2.68. The molecule has 28 heavy (non-hydrogen) atoms. The number of carbonyl (C=O) groups is 3. The van der Waals surface area contributed by atoms with E-state index < -0.39 is 11.9 Å². The Hall–Kier alpha value is -2.85. The Kier molecular flexibility index (Phi) is 9.75. The number of benzene rings is 1. The Labute approximate surface area is 163 Å². The summed E-state index contributed by atoms with van der Waals surface area (Å²) >= 11 is 0. The van der Waals surface area contributed by atoms with E-state index in [4.69, 9.17) is 29.3 Å². The number of likely N-dealkylation sites (N-methyl/N-ethyl adjacent to an activating group) is 1. The highest BCUT2D eigenvalue weighted by Gasteiger charge is 2.15. The molecule has 1 amide bonds. The van der Waals surface area contributed by atoms with Crippen molar-refractivity contribution in [1.82, 2.24) is 9.80 Å². The number of anilines is 1. The minimum atomic E-state index is -1.82. The molecule has 1 heterocycles. The number of carboxylic acid groups (broad SMARTS) is 2. The van der Waals surface area contributed by atoms with E-state index in [1.807, 2.05) is 0 Å². The number of rotatable bonds is 6. The molecule has 0 bridgehead atoms. The molecule has 10 heteroatoms. The summed E-state index contributed by atoms with van der Waals surface area (Å²) in [4.78, 5) is 34.9. The summed E-state index contributed by atoms with van der Waals surface area (Å²) in [7, 11) is 5.30. The standard InChI is InChI=1S/C16H25N3O3.C2H2O4/c1-18-8-10-19(11-9-18)7-6-16(20)17-14-5-4-13(21-2)12-15(14)22-3;3-1(4)2(5)6/h4-5,12H,6-11H2,1-3H3,(H,17,20);(H,3,4)(H,5,6). The van der Waals surface area contributed by atoms with Crippen molar-refractivity contribution in [1.29, 1.82) is 0 Å². The van der Waals surface area contributed by atoms with Gasteiger partial charge in [0.05, 0.1) is 19.9 Å². The van der Waals surface area contributed by atoms with Gasteiger partial charge in [-0.15, -0.1) is 0 Å². The summed E-state index contributed by atoms with van der Waals surface area (Å²) in [5, 5.41) is 17.7. The monoisotopic (exact) mass is 397 g/mol. The number of carboxylic acids is 2. The SMILES string of the molecule is COc1ccc(NC(=O)CCN2CCN(C)CC2)c(OC)c1.O=C(O)C(=O)O. The van der Waals surface area contributed by atoms with E-state index in [-0.39, 0.29) is 5.91 Å². The molecule has 0 unspecified atom stereocenters. The molecule has 0 atom stereocenters. The summed E-state index contributed by atoms with van der Waals surface area (Å²) in [6.07, 6.45) is 0.485. The molecular formula is C18H27N3O7. The van der Waals surface area contributed by atoms with Gasteiger partial charge >= 0.3 is 11.9 Å². The van der Waals surface area contributed by atoms with Crippen molar-refractivity contribution >= 4 is 23.5 Å². The van der Waals surface area contributed by atoms with Crippen LogP contribution in [0.15, 0.2) is 18.2 Å². The van der Waals surface area contributed by atoms with E-state index in [0.29, 0.717) is 23.6 Å². The molecule has 3 N–H and O–H groups in total. The molecule has 1 fully saturated rings. The number of hydrogen-bond acceptors (Lipinski definition) is 7. The largest absolute Gasteiger partial charge is 0.497 e. The Balaban J connectivity index is 0.000000568. The van der Waals surface area contributed by atoms with Crippen molar-refractivity contribution in [3.63, 3.8) is 0 Å². The van der Waals surface area contributed by atoms with Gasteiger partial charge in [0.2, 0.25) is 5.91 Å². The van der Waals surface area contributed by atoms with Crippen LogP contribution in [-0.2, 0) is 14.4 Å². The highest BCUT2D eigenvalue weighted by molar-refractivity contribution is 6.27. The van der Waals surface area contributed by atoms with E-state index in [1.165, 1.54) is 0 Å². The maximum absolute atomic E-state index is 12.1. The number of hydrogen-bond donors (Lipinski definition) is 3. The van der Waals surface area contributed by atoms with Gasteiger partial charge in [0.1, 0.15) is 11.5 Å². The molecule has 1 aliphatic heterocycles. The number of nitrogens with one attached hydrogen (secondary N) is 1. The Morgan fingerprint density at radius 2 is 1.64 bits per heavy atom. The number of aliphatic carboxylic acids is 2. The Morgan fingerprint density at radius 3 is 2.14 bits per heavy atom. The third-order valence-corrected chi connectivity index (χ3v) is 4.12. The summed E-state index contributed by atoms with van der Waals surface area (Å²) in [6, 6.07) is 5.36. The summed E-state index contributed by atoms with van der Waals surface area (Å²) in [5.74, 6) is -2.34. The second kappa shape index (κ2) is 11.8. The van der Waals surface area contributed by atoms with E-state index >= 15 is 0 Å². The molecule has 0 saturated carbocycles. The number of carbonyl (C=O) groups excluding carboxylic acids is 1. The molecular weight excluding hydrogens is 370 g/mol. The summed E-state index contributed by atoms with van der Waals surface area (Å²) in [6.45, 7) is 4.96. The molecule has 1 saturated heterocycles. The Bertz CT molecular complexity index is 661. The first kappa shape index (κ1) is 23.2. The number of ether oxygens (including phenoxy) is 2. The highest BCUT2D eigenvalue weighted by Crippen LogP contribution is 2.29. The van der Waals surface area contributed by atoms with Crippen LogP contribution in [0.3, 0.4) is 0 Å². The van der Waals surface area contributed by atoms with E-state index in [0.717, 1.165) is 32.7 Å². The highest BCUT2D eigenvalue weighted by atomic mass is 16.5. The minimum absolute atomic E-state index is 0.00222. The van der Waals surface area contributed by atoms with Crippen molar-refractivity contribution in [3.8, 4) is 11.5 Å². The zero-order valence-electron chi connectivity index (χ0n) is 16.3. The van der Waals surface area contributed by atoms with Crippen LogP contribution in [-0.4, -0.2) is 91.8 Å². The number of amides is 1. The lowest BCUT2D eigenvalue weighted by Gasteiger charge is -2.32. The zero-order valence-corrected chi connectivity index (χ0v) is 16.3. The van der Waals surface area contributed by atoms with Crippen molar-refractivity contribution < 1.29 is 34.1 Å². The predicted octanol–water partition coefficient (Wildman–Crippen LogP) is 0.435. The van der Waals surface area contributed by atoms with Gasteiger partial charge in [-0.05, 0) is 19.2 Å². The molecule has 0 radical (unpaired) electrons. The van der Waals surface area contributed by atoms with Gasteiger partial charge < -0.3 is 34.8 Å². The van der Waals surface area contributed by atoms with Crippen LogP contribution in [0.1, 0.15) is 6.42 Å². The number of piperazine rings is 1. The molecule has 1 aromatic rings. The second-order valence-corrected chi connectivity index (χ2v) is 6.12. The molecule has 1 aromatic carbocycles. The first-order valence-electron chi connectivity index (χ1n) is 8.65. The second-order valence-electron chi connectivity index (χ2n) is 6.12. The zero-order chi connectivity index (χ0) is 21.1. The van der Waals surface area contributed by atoms with Crippen molar-refractivity contribution in [2.75, 3.05) is 59.3 Å². The molecule has 1 aliphatic rings. The normalized spacial score (nSPS) is 14.4. The minimum Gasteiger partial charge on any atom is -0.497 e. The van der Waals surface area contributed by atoms with Crippen LogP contribution in [0.5, 0.6) is 11.5 Å². The maximum atomic E-state index is 12.1. The third kappa shape index (κ3) is 8.23. The average molecular weight is 397 g/mol. The molecule has 0 spiro atoms. The lowest BCUT2D eigenvalue weighted by molar-refractivity contribution is -0.159. The number of nitrogens with zero attached hydrogens (tertiary/aromatic N) is 2. The molecule has 10 nitrogen and oxygen atoms in total. The quantitative estimate of drug-likeness (QED) is 0.585. The topological polar surface area (TPSA) is 129 Å². The van der Waals surface area contributed by atoms with Crippen LogP contribution in [0.2, 0.25) is 0 Å². The fraction of sp³-hybridized carbons (Fsp3) is 0.500. The Morgan fingerprint density at radius 1 is 1.04 bits per heavy atom. The van der Waals surface area contributed by atoms with Gasteiger partial charge in [0.25, 0.3) is 0 Å². The lowest BCUT2D eigenvalue weighted by atomic mass is 10.2. The molecule has 2 rings (SSSR count). The number of methoxy groups -OCH3 is 2. The van der Waals surface area contributed by atoms with Gasteiger partial charge in [-0.2, -0.15) is 0 Å². The predicted molar refractivity (Wildman–Crippen MR) is 102 cm³/mol. The summed E-state index contributed by atoms with van der Waals surface area (Å²) in [5.41, 5.74) is 0.673. The molecule has 0 aromatic heterocycles. The van der Waals surface area contributed by atoms with Gasteiger partial charge in [-0.3, -0.25) is 4.79 Å². The van der Waals surface area contributed by atoms with Gasteiger partial charge in [-0.1, -0.05) is 0 Å². The van der Waals surface area contributed by atoms with Crippen LogP contribution in [0.25, 0.3) is 0 Å². The smallest absolute Gasteiger partial charge is 0.414 e. The molecule has 0 aliphatic carbocycles. The van der Waals surface area contributed by atoms with E-state index in [2.05, 4.69) is 22.2 Å². The first-order valence-corrected chi connectivity index (χ1v) is 8.65. The van der Waals surface area contributed by atoms with Crippen molar-refractivity contribution in [3.05, 3.63) is 18.2 Å². The molecule has 156 valence electrons. The van der Waals surface area contributed by atoms with E-state index in [1.54, 1.807) is 32.4 Å². The van der Waals surface area contributed by atoms with E-state index in [9.17, 15) is 4.79 Å². The van der Waals surface area contributed by atoms with Crippen molar-refractivity contribution in [2.45, 2.75) is 6.42 Å². The summed E-state index contributed by atoms with van der Waals surface area (Å²) < 4.78 is 10.4. The van der Waals surface area contributed by atoms with Crippen LogP contribution >= 0.6 is 0 Å². The van der Waals surface area contributed by atoms with Gasteiger partial charge in [-0.25, -0.2) is 9.59 Å². The fourth-order valence-corrected chi connectivity index (χ4v) is 2.45. The lowest BCUT2D eigenvalue weighted by Crippen LogP contribution is -2.45. The maximum Gasteiger partial charge on any atom is 0.414 e. The fourth-order valence-electron chi connectivity index (χ4n) is 2.45. The van der Waals surface area contributed by atoms with Gasteiger partial charge in [0.15, 0.2) is 0 Å². The van der Waals surface area contributed by atoms with Crippen LogP contribution in [0.4, 0.5) is 5.69 Å². The third-order valence-electron chi connectivity index (χ3n) is 4.12. The van der Waals surface area contributed by atoms with Gasteiger partial charge in [0, 0.05) is 45.2 Å². The van der Waals surface area contributed by atoms with Crippen LogP contribution in [0, 0.1) is 0 Å². The first-order chi connectivity index (χ1) is 13.3.